The molecule has 12 rings (SSSR count). The van der Waals surface area contributed by atoms with Crippen LogP contribution in [0.3, 0.4) is 0 Å². The van der Waals surface area contributed by atoms with Crippen LogP contribution in [0.1, 0.15) is 80.6 Å². The molecule has 6 heterocycles. The Morgan fingerprint density at radius 2 is 1.30 bits per heavy atom. The molecule has 2 saturated carbocycles. The number of carbonyl (C=O) groups is 3. The zero-order valence-corrected chi connectivity index (χ0v) is 40.3. The fourth-order valence-corrected chi connectivity index (χ4v) is 14.0. The van der Waals surface area contributed by atoms with Gasteiger partial charge in [0.1, 0.15) is 17.4 Å². The summed E-state index contributed by atoms with van der Waals surface area (Å²) >= 11 is 24.4. The molecule has 350 valence electrons. The largest absolute Gasteiger partial charge is 0.748 e. The van der Waals surface area contributed by atoms with Gasteiger partial charge >= 0.3 is 0 Å². The van der Waals surface area contributed by atoms with Crippen molar-refractivity contribution in [2.45, 2.75) is 83.0 Å². The molecule has 19 heteroatoms. The van der Waals surface area contributed by atoms with Gasteiger partial charge in [-0.3, -0.25) is 19.7 Å². The summed E-state index contributed by atoms with van der Waals surface area (Å²) < 4.78 is 60.8. The number of H-pyrrole nitrogens is 2. The molecule has 0 radical (unpaired) electrons. The molecule has 2 aromatic heterocycles. The molecule has 6 atom stereocenters. The summed E-state index contributed by atoms with van der Waals surface area (Å²) in [5, 5.41) is 14.1. The summed E-state index contributed by atoms with van der Waals surface area (Å²) in [6.07, 6.45) is 3.27. The minimum absolute atomic E-state index is 0.0101. The Balaban J connectivity index is 0.000000122. The molecule has 0 saturated heterocycles. The van der Waals surface area contributed by atoms with E-state index in [0.29, 0.717) is 40.5 Å². The number of ketones is 1. The maximum Gasteiger partial charge on any atom is 0.297 e. The van der Waals surface area contributed by atoms with Crippen LogP contribution < -0.4 is 21.3 Å². The van der Waals surface area contributed by atoms with Gasteiger partial charge in [-0.1, -0.05) is 60.3 Å². The molecular formula is C48H44Cl4F2N6O6S. The van der Waals surface area contributed by atoms with Crippen LogP contribution in [0, 0.1) is 28.4 Å². The number of rotatable bonds is 2. The molecule has 4 unspecified atom stereocenters. The van der Waals surface area contributed by atoms with Gasteiger partial charge in [-0.25, -0.2) is 17.2 Å². The van der Waals surface area contributed by atoms with Gasteiger partial charge in [0, 0.05) is 67.4 Å². The van der Waals surface area contributed by atoms with Gasteiger partial charge in [-0.05, 0) is 116 Å². The molecule has 6 aromatic rings. The van der Waals surface area contributed by atoms with E-state index in [0.717, 1.165) is 68.5 Å². The number of aromatic nitrogens is 2. The number of aromatic amines is 2. The SMILES string of the molecule is CC1(C)C2CCC1(CS(=O)(=O)[O-])C(=O)C2.CC1Cc2c([nH]c3cc(Cl)c(F)cc23)[C@@]2(N1)C(=O)Nc1ccc(Cl)cc12.CC1Cc2c([nH]c3cc(Cl)c(F)cc23)[C@@]2([NH2+]1)C(=O)Nc1ccc(Cl)cc12. The van der Waals surface area contributed by atoms with Gasteiger partial charge in [-0.15, -0.1) is 0 Å². The topological polar surface area (TPSA) is 193 Å². The van der Waals surface area contributed by atoms with Crippen LogP contribution >= 0.6 is 46.4 Å². The molecule has 4 aromatic carbocycles. The molecule has 67 heavy (non-hydrogen) atoms. The number of fused-ring (bicyclic) bond motifs is 14. The first-order valence-electron chi connectivity index (χ1n) is 21.8. The first-order chi connectivity index (χ1) is 31.5. The van der Waals surface area contributed by atoms with Crippen molar-refractivity contribution >= 4 is 107 Å². The number of nitrogens with one attached hydrogen (secondary N) is 5. The van der Waals surface area contributed by atoms with E-state index in [9.17, 15) is 36.1 Å². The van der Waals surface area contributed by atoms with E-state index in [-0.39, 0.29) is 51.1 Å². The van der Waals surface area contributed by atoms with E-state index in [1.54, 1.807) is 36.4 Å². The fourth-order valence-electron chi connectivity index (χ4n) is 12.0. The van der Waals surface area contributed by atoms with Crippen LogP contribution in [0.25, 0.3) is 21.8 Å². The third-order valence-electron chi connectivity index (χ3n) is 15.2. The van der Waals surface area contributed by atoms with E-state index in [2.05, 4.69) is 38.2 Å². The number of Topliss-reactive ketones (excluding diaryl/α,β-unsaturated/α-hetero) is 1. The predicted octanol–water partition coefficient (Wildman–Crippen LogP) is 8.59. The highest BCUT2D eigenvalue weighted by atomic mass is 35.5. The minimum Gasteiger partial charge on any atom is -0.748 e. The number of halogens is 6. The average Bonchev–Trinajstić information content (AvgIpc) is 4.02. The van der Waals surface area contributed by atoms with Crippen LogP contribution in [-0.2, 0) is 48.4 Å². The lowest BCUT2D eigenvalue weighted by molar-refractivity contribution is -0.742. The smallest absolute Gasteiger partial charge is 0.297 e. The highest BCUT2D eigenvalue weighted by Gasteiger charge is 2.64. The zero-order valence-electron chi connectivity index (χ0n) is 36.5. The lowest BCUT2D eigenvalue weighted by Gasteiger charge is -2.37. The van der Waals surface area contributed by atoms with E-state index in [1.165, 1.54) is 12.1 Å². The number of hydrogen-bond donors (Lipinski definition) is 6. The maximum absolute atomic E-state index is 14.1. The normalized spacial score (nSPS) is 27.3. The Bertz CT molecular complexity index is 3110. The second kappa shape index (κ2) is 15.7. The summed E-state index contributed by atoms with van der Waals surface area (Å²) in [6.45, 7) is 7.90. The first kappa shape index (κ1) is 46.2. The number of quaternary nitrogens is 1. The maximum atomic E-state index is 14.1. The second-order valence-corrected chi connectivity index (χ2v) is 22.5. The van der Waals surface area contributed by atoms with Crippen LogP contribution in [0.4, 0.5) is 20.2 Å². The van der Waals surface area contributed by atoms with E-state index < -0.39 is 44.0 Å². The molecule has 2 amide bonds. The minimum atomic E-state index is -4.33. The van der Waals surface area contributed by atoms with Crippen LogP contribution in [0.2, 0.25) is 20.1 Å². The van der Waals surface area contributed by atoms with Crippen molar-refractivity contribution < 1.29 is 41.5 Å². The fraction of sp³-hybridized carbons (Fsp3) is 0.354. The number of nitrogens with two attached hydrogens (primary N) is 1. The number of anilines is 2. The monoisotopic (exact) mass is 1010 g/mol. The van der Waals surface area contributed by atoms with Crippen molar-refractivity contribution in [2.75, 3.05) is 16.4 Å². The lowest BCUT2D eigenvalue weighted by atomic mass is 9.70. The molecule has 2 fully saturated rings. The summed E-state index contributed by atoms with van der Waals surface area (Å²) in [6, 6.07) is 16.9. The molecule has 2 aliphatic carbocycles. The third-order valence-corrected chi connectivity index (χ3v) is 17.1. The molecule has 6 aliphatic rings. The van der Waals surface area contributed by atoms with Crippen molar-refractivity contribution in [1.29, 1.82) is 0 Å². The Morgan fingerprint density at radius 3 is 1.87 bits per heavy atom. The van der Waals surface area contributed by atoms with Gasteiger partial charge in [0.25, 0.3) is 11.8 Å². The van der Waals surface area contributed by atoms with E-state index in [1.807, 2.05) is 32.9 Å². The number of benzene rings is 4. The van der Waals surface area contributed by atoms with Crippen molar-refractivity contribution in [1.82, 2.24) is 15.3 Å². The summed E-state index contributed by atoms with van der Waals surface area (Å²) in [5.74, 6) is -1.52. The van der Waals surface area contributed by atoms with Crippen molar-refractivity contribution in [3.05, 3.63) is 126 Å². The lowest BCUT2D eigenvalue weighted by Crippen LogP contribution is -3.02. The van der Waals surface area contributed by atoms with Gasteiger partial charge in [0.2, 0.25) is 5.54 Å². The molecular weight excluding hydrogens is 968 g/mol. The highest BCUT2D eigenvalue weighted by Crippen LogP contribution is 2.64. The number of hydrogen-bond acceptors (Lipinski definition) is 7. The third kappa shape index (κ3) is 6.97. The van der Waals surface area contributed by atoms with E-state index >= 15 is 0 Å². The standard InChI is InChI=1S/2C19H14Cl2FN3O.C10H16O4S/c2*1-8-4-11-10-6-14(22)13(21)7-16(10)23-17(11)19(25-8)12-5-9(20)2-3-15(12)24-18(19)26;1-9(2)7-3-4-10(9,8(11)5-7)6-15(12,13)14/h2*2-3,5-8,23,25H,4H2,1H3,(H,24,26);7H,3-6H2,1-2H3,(H,12,13,14)/t2*8?,19-;/m11./s1. The molecule has 2 spiro atoms. The quantitative estimate of drug-likeness (QED) is 0.0936. The first-order valence-corrected chi connectivity index (χ1v) is 24.9. The summed E-state index contributed by atoms with van der Waals surface area (Å²) in [5.41, 5.74) is 4.57. The van der Waals surface area contributed by atoms with Crippen LogP contribution in [-0.4, -0.2) is 58.4 Å². The Morgan fingerprint density at radius 1 is 0.746 bits per heavy atom. The summed E-state index contributed by atoms with van der Waals surface area (Å²) in [7, 11) is -4.33. The van der Waals surface area contributed by atoms with Crippen molar-refractivity contribution in [3.63, 3.8) is 0 Å². The van der Waals surface area contributed by atoms with Crippen molar-refractivity contribution in [2.24, 2.45) is 16.7 Å². The molecule has 7 N–H and O–H groups in total. The van der Waals surface area contributed by atoms with E-state index in [4.69, 9.17) is 46.4 Å². The van der Waals surface area contributed by atoms with Gasteiger partial charge in [-0.2, -0.15) is 0 Å². The molecule has 12 nitrogen and oxygen atoms in total. The number of carbonyl (C=O) groups excluding carboxylic acids is 3. The van der Waals surface area contributed by atoms with Crippen molar-refractivity contribution in [3.8, 4) is 0 Å². The van der Waals surface area contributed by atoms with Gasteiger partial charge in [0.05, 0.1) is 54.6 Å². The molecule has 4 aliphatic heterocycles. The Labute approximate surface area is 404 Å². The van der Waals surface area contributed by atoms with Gasteiger partial charge in [0.15, 0.2) is 5.54 Å². The average molecular weight is 1010 g/mol. The zero-order chi connectivity index (χ0) is 47.9. The number of amides is 2. The Kier molecular flexibility index (Phi) is 10.8. The van der Waals surface area contributed by atoms with Crippen LogP contribution in [0.15, 0.2) is 60.7 Å². The van der Waals surface area contributed by atoms with Crippen LogP contribution in [0.5, 0.6) is 0 Å². The molecule has 2 bridgehead atoms. The Hall–Kier alpha value is -4.58. The summed E-state index contributed by atoms with van der Waals surface area (Å²) in [4.78, 5) is 44.7. The second-order valence-electron chi connectivity index (χ2n) is 19.4. The predicted molar refractivity (Wildman–Crippen MR) is 253 cm³/mol. The van der Waals surface area contributed by atoms with Gasteiger partial charge < -0.3 is 30.5 Å². The highest BCUT2D eigenvalue weighted by molar-refractivity contribution is 7.85.